The van der Waals surface area contributed by atoms with E-state index < -0.39 is 0 Å². The Labute approximate surface area is 131 Å². The van der Waals surface area contributed by atoms with Crippen LogP contribution in [0, 0.1) is 0 Å². The summed E-state index contributed by atoms with van der Waals surface area (Å²) in [7, 11) is 0. The number of hydrogen-bond donors (Lipinski definition) is 1. The molecule has 1 aliphatic rings. The van der Waals surface area contributed by atoms with E-state index in [1.807, 2.05) is 24.3 Å². The first-order valence-electron chi connectivity index (χ1n) is 7.11. The fourth-order valence-corrected chi connectivity index (χ4v) is 2.61. The molecule has 0 spiro atoms. The van der Waals surface area contributed by atoms with E-state index in [1.54, 1.807) is 13.0 Å². The Morgan fingerprint density at radius 2 is 1.90 bits per heavy atom. The third kappa shape index (κ3) is 4.04. The molecule has 1 aromatic rings. The van der Waals surface area contributed by atoms with Gasteiger partial charge in [-0.05, 0) is 43.4 Å². The summed E-state index contributed by atoms with van der Waals surface area (Å²) >= 11 is 5.35. The van der Waals surface area contributed by atoms with Crippen molar-refractivity contribution in [2.75, 3.05) is 37.6 Å². The van der Waals surface area contributed by atoms with Crippen LogP contribution in [0.1, 0.15) is 17.3 Å². The number of carbonyl (C=O) groups is 1. The van der Waals surface area contributed by atoms with Crippen molar-refractivity contribution in [2.24, 2.45) is 0 Å². The van der Waals surface area contributed by atoms with Gasteiger partial charge in [0.25, 0.3) is 0 Å². The minimum Gasteiger partial charge on any atom is -0.368 e. The average Bonchev–Trinajstić information content (AvgIpc) is 2.53. The number of nitrogens with one attached hydrogen (secondary N) is 1. The molecule has 1 aromatic carbocycles. The lowest BCUT2D eigenvalue weighted by Gasteiger charge is -2.37. The van der Waals surface area contributed by atoms with E-state index in [2.05, 4.69) is 21.7 Å². The van der Waals surface area contributed by atoms with Gasteiger partial charge in [0.1, 0.15) is 0 Å². The van der Waals surface area contributed by atoms with Gasteiger partial charge in [0.15, 0.2) is 10.9 Å². The summed E-state index contributed by atoms with van der Waals surface area (Å²) in [6.45, 7) is 9.62. The summed E-state index contributed by atoms with van der Waals surface area (Å²) in [6.07, 6.45) is 1.80. The Morgan fingerprint density at radius 1 is 1.29 bits per heavy atom. The molecule has 0 radical (unpaired) electrons. The van der Waals surface area contributed by atoms with Gasteiger partial charge in [-0.1, -0.05) is 6.08 Å². The monoisotopic (exact) mass is 303 g/mol. The van der Waals surface area contributed by atoms with Gasteiger partial charge in [-0.25, -0.2) is 0 Å². The number of carbonyl (C=O) groups excluding carboxylic acids is 1. The predicted molar refractivity (Wildman–Crippen MR) is 91.0 cm³/mol. The lowest BCUT2D eigenvalue weighted by Crippen LogP contribution is -2.51. The number of Topliss-reactive ketones (excluding diaryl/α,β-unsaturated/α-hetero) is 1. The van der Waals surface area contributed by atoms with Crippen molar-refractivity contribution in [1.82, 2.24) is 10.2 Å². The van der Waals surface area contributed by atoms with Crippen LogP contribution in [0.3, 0.4) is 0 Å². The molecule has 0 aliphatic carbocycles. The van der Waals surface area contributed by atoms with Crippen LogP contribution in [-0.2, 0) is 0 Å². The molecule has 1 heterocycles. The van der Waals surface area contributed by atoms with Gasteiger partial charge < -0.3 is 15.1 Å². The van der Waals surface area contributed by atoms with Crippen molar-refractivity contribution < 1.29 is 4.79 Å². The molecule has 2 rings (SSSR count). The topological polar surface area (TPSA) is 35.6 Å². The first-order valence-corrected chi connectivity index (χ1v) is 7.52. The number of rotatable bonds is 4. The van der Waals surface area contributed by atoms with E-state index in [9.17, 15) is 4.79 Å². The van der Waals surface area contributed by atoms with Gasteiger partial charge in [-0.3, -0.25) is 4.79 Å². The third-order valence-corrected chi connectivity index (χ3v) is 4.01. The predicted octanol–water partition coefficient (Wildman–Crippen LogP) is 2.07. The highest BCUT2D eigenvalue weighted by molar-refractivity contribution is 7.80. The van der Waals surface area contributed by atoms with Gasteiger partial charge in [-0.15, -0.1) is 6.58 Å². The van der Waals surface area contributed by atoms with Gasteiger partial charge >= 0.3 is 0 Å². The molecule has 5 heteroatoms. The molecule has 0 saturated carbocycles. The highest BCUT2D eigenvalue weighted by atomic mass is 32.1. The molecule has 4 nitrogen and oxygen atoms in total. The van der Waals surface area contributed by atoms with Crippen molar-refractivity contribution in [3.63, 3.8) is 0 Å². The summed E-state index contributed by atoms with van der Waals surface area (Å²) in [5.74, 6) is 0.102. The second kappa shape index (κ2) is 7.22. The Morgan fingerprint density at radius 3 is 2.43 bits per heavy atom. The number of benzene rings is 1. The van der Waals surface area contributed by atoms with Gasteiger partial charge in [0.2, 0.25) is 0 Å². The minimum atomic E-state index is 0.102. The smallest absolute Gasteiger partial charge is 0.169 e. The maximum atomic E-state index is 11.3. The normalized spacial score (nSPS) is 14.7. The molecule has 1 saturated heterocycles. The largest absolute Gasteiger partial charge is 0.368 e. The first-order chi connectivity index (χ1) is 10.1. The number of ketones is 1. The number of hydrogen-bond acceptors (Lipinski definition) is 3. The molecule has 1 fully saturated rings. The van der Waals surface area contributed by atoms with E-state index in [-0.39, 0.29) is 5.78 Å². The maximum Gasteiger partial charge on any atom is 0.169 e. The van der Waals surface area contributed by atoms with Gasteiger partial charge in [0.05, 0.1) is 0 Å². The third-order valence-electron chi connectivity index (χ3n) is 3.60. The van der Waals surface area contributed by atoms with Crippen molar-refractivity contribution in [3.8, 4) is 0 Å². The quantitative estimate of drug-likeness (QED) is 0.523. The zero-order valence-corrected chi connectivity index (χ0v) is 13.2. The van der Waals surface area contributed by atoms with Crippen LogP contribution in [0.15, 0.2) is 36.9 Å². The summed E-state index contributed by atoms with van der Waals surface area (Å²) in [6, 6.07) is 7.81. The molecule has 0 atom stereocenters. The highest BCUT2D eigenvalue weighted by Gasteiger charge is 2.18. The highest BCUT2D eigenvalue weighted by Crippen LogP contribution is 2.17. The Bertz CT molecular complexity index is 519. The Kier molecular flexibility index (Phi) is 5.33. The summed E-state index contributed by atoms with van der Waals surface area (Å²) in [5, 5.41) is 3.95. The SMILES string of the molecule is C=CCNC(=S)N1CCN(c2ccc(C(C)=O)cc2)CC1. The van der Waals surface area contributed by atoms with Gasteiger partial charge in [-0.2, -0.15) is 0 Å². The fourth-order valence-electron chi connectivity index (χ4n) is 2.35. The van der Waals surface area contributed by atoms with Crippen molar-refractivity contribution in [2.45, 2.75) is 6.92 Å². The lowest BCUT2D eigenvalue weighted by atomic mass is 10.1. The molecule has 0 amide bonds. The maximum absolute atomic E-state index is 11.3. The van der Waals surface area contributed by atoms with Crippen LogP contribution >= 0.6 is 12.2 Å². The molecular weight excluding hydrogens is 282 g/mol. The van der Waals surface area contributed by atoms with E-state index in [1.165, 1.54) is 0 Å². The average molecular weight is 303 g/mol. The Balaban J connectivity index is 1.90. The number of nitrogens with zero attached hydrogens (tertiary/aromatic N) is 2. The molecule has 0 bridgehead atoms. The Hall–Kier alpha value is -1.88. The second-order valence-corrected chi connectivity index (χ2v) is 5.44. The zero-order chi connectivity index (χ0) is 15.2. The van der Waals surface area contributed by atoms with Crippen LogP contribution in [0.25, 0.3) is 0 Å². The minimum absolute atomic E-state index is 0.102. The van der Waals surface area contributed by atoms with E-state index in [4.69, 9.17) is 12.2 Å². The van der Waals surface area contributed by atoms with Crippen LogP contribution < -0.4 is 10.2 Å². The number of thiocarbonyl (C=S) groups is 1. The fraction of sp³-hybridized carbons (Fsp3) is 0.375. The molecule has 0 aromatic heterocycles. The van der Waals surface area contributed by atoms with Crippen LogP contribution in [0.4, 0.5) is 5.69 Å². The second-order valence-electron chi connectivity index (χ2n) is 5.05. The molecule has 21 heavy (non-hydrogen) atoms. The number of piperazine rings is 1. The first kappa shape index (κ1) is 15.5. The molecule has 1 N–H and O–H groups in total. The van der Waals surface area contributed by atoms with Crippen LogP contribution in [0.5, 0.6) is 0 Å². The van der Waals surface area contributed by atoms with E-state index in [0.717, 1.165) is 42.5 Å². The zero-order valence-electron chi connectivity index (χ0n) is 12.3. The van der Waals surface area contributed by atoms with Gasteiger partial charge in [0, 0.05) is 44.0 Å². The summed E-state index contributed by atoms with van der Waals surface area (Å²) in [4.78, 5) is 15.8. The molecular formula is C16H21N3OS. The number of anilines is 1. The van der Waals surface area contributed by atoms with Crippen LogP contribution in [-0.4, -0.2) is 48.5 Å². The van der Waals surface area contributed by atoms with Crippen molar-refractivity contribution >= 4 is 28.8 Å². The van der Waals surface area contributed by atoms with Crippen LogP contribution in [0.2, 0.25) is 0 Å². The molecule has 1 aliphatic heterocycles. The summed E-state index contributed by atoms with van der Waals surface area (Å²) < 4.78 is 0. The molecule has 0 unspecified atom stereocenters. The van der Waals surface area contributed by atoms with E-state index in [0.29, 0.717) is 6.54 Å². The van der Waals surface area contributed by atoms with E-state index >= 15 is 0 Å². The van der Waals surface area contributed by atoms with Crippen molar-refractivity contribution in [3.05, 3.63) is 42.5 Å². The lowest BCUT2D eigenvalue weighted by molar-refractivity contribution is 0.101. The summed E-state index contributed by atoms with van der Waals surface area (Å²) in [5.41, 5.74) is 1.91. The standard InChI is InChI=1S/C16H21N3OS/c1-3-8-17-16(21)19-11-9-18(10-12-19)15-6-4-14(5-7-15)13(2)20/h3-7H,1,8-12H2,2H3,(H,17,21). The van der Waals surface area contributed by atoms with Crippen molar-refractivity contribution in [1.29, 1.82) is 0 Å². The molecule has 112 valence electrons.